The van der Waals surface area contributed by atoms with Crippen LogP contribution < -0.4 is 0 Å². The second-order valence-electron chi connectivity index (χ2n) is 4.21. The van der Waals surface area contributed by atoms with Gasteiger partial charge in [-0.15, -0.1) is 11.6 Å². The summed E-state index contributed by atoms with van der Waals surface area (Å²) in [5.41, 5.74) is -0.508. The first-order chi connectivity index (χ1) is 5.97. The zero-order valence-corrected chi connectivity index (χ0v) is 8.84. The Morgan fingerprint density at radius 2 is 2.31 bits per heavy atom. The Kier molecular flexibility index (Phi) is 3.19. The lowest BCUT2D eigenvalue weighted by atomic mass is 9.94. The Labute approximate surface area is 83.7 Å². The summed E-state index contributed by atoms with van der Waals surface area (Å²) in [6.07, 6.45) is 0.333. The van der Waals surface area contributed by atoms with E-state index in [9.17, 15) is 9.90 Å². The molecule has 1 amide bonds. The Hall–Kier alpha value is -0.280. The van der Waals surface area contributed by atoms with Crippen molar-refractivity contribution in [3.8, 4) is 0 Å². The average Bonchev–Trinajstić information content (AvgIpc) is 2.50. The van der Waals surface area contributed by atoms with E-state index in [-0.39, 0.29) is 12.0 Å². The van der Waals surface area contributed by atoms with Gasteiger partial charge in [0.15, 0.2) is 0 Å². The van der Waals surface area contributed by atoms with Gasteiger partial charge in [-0.1, -0.05) is 0 Å². The summed E-state index contributed by atoms with van der Waals surface area (Å²) in [5.74, 6) is 0.359. The molecule has 1 atom stereocenters. The van der Waals surface area contributed by atoms with Crippen molar-refractivity contribution in [3.05, 3.63) is 0 Å². The molecule has 4 heteroatoms. The number of β-amino-alcohol motifs (C(OH)–C–C–N with tert-alkyl or cyclic N) is 1. The molecule has 0 aliphatic carbocycles. The lowest BCUT2D eigenvalue weighted by molar-refractivity contribution is -0.138. The van der Waals surface area contributed by atoms with Crippen molar-refractivity contribution in [2.24, 2.45) is 5.41 Å². The van der Waals surface area contributed by atoms with Gasteiger partial charge in [0.1, 0.15) is 0 Å². The van der Waals surface area contributed by atoms with Crippen LogP contribution in [0, 0.1) is 5.41 Å². The molecule has 13 heavy (non-hydrogen) atoms. The number of likely N-dealkylation sites (tertiary alicyclic amines) is 1. The van der Waals surface area contributed by atoms with Crippen LogP contribution >= 0.6 is 11.6 Å². The highest BCUT2D eigenvalue weighted by atomic mass is 35.5. The minimum absolute atomic E-state index is 0.0408. The summed E-state index contributed by atoms with van der Waals surface area (Å²) in [4.78, 5) is 13.5. The third-order valence-electron chi connectivity index (χ3n) is 2.36. The Morgan fingerprint density at radius 1 is 1.69 bits per heavy atom. The molecule has 1 N–H and O–H groups in total. The fraction of sp³-hybridized carbons (Fsp3) is 0.889. The van der Waals surface area contributed by atoms with Crippen LogP contribution in [0.15, 0.2) is 0 Å². The van der Waals surface area contributed by atoms with Crippen molar-refractivity contribution < 1.29 is 9.90 Å². The van der Waals surface area contributed by atoms with Crippen LogP contribution in [0.3, 0.4) is 0 Å². The van der Waals surface area contributed by atoms with Gasteiger partial charge in [0, 0.05) is 19.0 Å². The lowest BCUT2D eigenvalue weighted by Crippen LogP contribution is -2.41. The van der Waals surface area contributed by atoms with Crippen molar-refractivity contribution >= 4 is 17.5 Å². The average molecular weight is 206 g/mol. The molecule has 1 fully saturated rings. The maximum Gasteiger partial charge on any atom is 0.229 e. The van der Waals surface area contributed by atoms with E-state index in [0.29, 0.717) is 25.4 Å². The maximum absolute atomic E-state index is 11.8. The van der Waals surface area contributed by atoms with Crippen LogP contribution in [0.4, 0.5) is 0 Å². The van der Waals surface area contributed by atoms with Crippen molar-refractivity contribution in [2.45, 2.75) is 26.4 Å². The summed E-state index contributed by atoms with van der Waals surface area (Å²) in [6, 6.07) is 0. The van der Waals surface area contributed by atoms with E-state index in [1.165, 1.54) is 0 Å². The second-order valence-corrected chi connectivity index (χ2v) is 4.48. The van der Waals surface area contributed by atoms with Crippen LogP contribution in [0.5, 0.6) is 0 Å². The zero-order valence-electron chi connectivity index (χ0n) is 8.09. The molecule has 1 aliphatic rings. The minimum atomic E-state index is -0.508. The molecular formula is C9H16ClNO2. The van der Waals surface area contributed by atoms with Crippen LogP contribution in [0.1, 0.15) is 20.3 Å². The molecule has 1 aliphatic heterocycles. The van der Waals surface area contributed by atoms with Gasteiger partial charge in [-0.25, -0.2) is 0 Å². The summed E-state index contributed by atoms with van der Waals surface area (Å²) >= 11 is 5.69. The number of nitrogens with zero attached hydrogens (tertiary/aromatic N) is 1. The van der Waals surface area contributed by atoms with Gasteiger partial charge in [-0.2, -0.15) is 0 Å². The van der Waals surface area contributed by atoms with E-state index in [1.54, 1.807) is 4.90 Å². The fourth-order valence-corrected chi connectivity index (χ4v) is 1.53. The molecule has 1 saturated heterocycles. The van der Waals surface area contributed by atoms with Gasteiger partial charge in [0.25, 0.3) is 0 Å². The van der Waals surface area contributed by atoms with Crippen LogP contribution in [0.25, 0.3) is 0 Å². The van der Waals surface area contributed by atoms with Crippen LogP contribution in [-0.4, -0.2) is 41.0 Å². The molecule has 0 aromatic carbocycles. The van der Waals surface area contributed by atoms with Gasteiger partial charge in [0.2, 0.25) is 5.91 Å². The molecule has 3 nitrogen and oxygen atoms in total. The normalized spacial score (nSPS) is 23.7. The highest BCUT2D eigenvalue weighted by molar-refractivity contribution is 6.19. The number of halogens is 1. The van der Waals surface area contributed by atoms with E-state index in [0.717, 1.165) is 0 Å². The first kappa shape index (κ1) is 10.8. The highest BCUT2D eigenvalue weighted by Gasteiger charge is 2.34. The number of hydrogen-bond acceptors (Lipinski definition) is 2. The summed E-state index contributed by atoms with van der Waals surface area (Å²) in [7, 11) is 0. The molecule has 76 valence electrons. The van der Waals surface area contributed by atoms with Gasteiger partial charge in [-0.3, -0.25) is 4.79 Å². The van der Waals surface area contributed by atoms with Crippen LogP contribution in [0.2, 0.25) is 0 Å². The van der Waals surface area contributed by atoms with Crippen LogP contribution in [-0.2, 0) is 4.79 Å². The molecule has 0 spiro atoms. The largest absolute Gasteiger partial charge is 0.391 e. The number of alkyl halides is 1. The predicted molar refractivity (Wildman–Crippen MR) is 51.7 cm³/mol. The molecule has 0 radical (unpaired) electrons. The predicted octanol–water partition coefficient (Wildman–Crippen LogP) is 0.845. The topological polar surface area (TPSA) is 40.5 Å². The number of aliphatic hydroxyl groups is 1. The van der Waals surface area contributed by atoms with Crippen molar-refractivity contribution in [1.29, 1.82) is 0 Å². The SMILES string of the molecule is CC(C)(CCl)C(=O)N1CC[C@H](O)C1. The molecule has 0 bridgehead atoms. The maximum atomic E-state index is 11.8. The van der Waals surface area contributed by atoms with E-state index >= 15 is 0 Å². The standard InChI is InChI=1S/C9H16ClNO2/c1-9(2,6-10)8(13)11-4-3-7(12)5-11/h7,12H,3-6H2,1-2H3/t7-/m0/s1. The van der Waals surface area contributed by atoms with E-state index in [1.807, 2.05) is 13.8 Å². The monoisotopic (exact) mass is 205 g/mol. The first-order valence-electron chi connectivity index (χ1n) is 4.51. The molecule has 0 saturated carbocycles. The molecule has 0 aromatic rings. The van der Waals surface area contributed by atoms with Gasteiger partial charge in [-0.05, 0) is 20.3 Å². The molecular weight excluding hydrogens is 190 g/mol. The van der Waals surface area contributed by atoms with Gasteiger partial charge >= 0.3 is 0 Å². The molecule has 1 heterocycles. The Balaban J connectivity index is 2.58. The number of aliphatic hydroxyl groups excluding tert-OH is 1. The van der Waals surface area contributed by atoms with Gasteiger partial charge < -0.3 is 10.0 Å². The molecule has 0 aromatic heterocycles. The number of carbonyl (C=O) groups excluding carboxylic acids is 1. The third kappa shape index (κ3) is 2.35. The Bertz CT molecular complexity index is 206. The minimum Gasteiger partial charge on any atom is -0.391 e. The van der Waals surface area contributed by atoms with Crippen molar-refractivity contribution in [2.75, 3.05) is 19.0 Å². The quantitative estimate of drug-likeness (QED) is 0.679. The summed E-state index contributed by atoms with van der Waals surface area (Å²) in [6.45, 7) is 4.76. The zero-order chi connectivity index (χ0) is 10.1. The Morgan fingerprint density at radius 3 is 2.69 bits per heavy atom. The molecule has 1 rings (SSSR count). The smallest absolute Gasteiger partial charge is 0.229 e. The number of carbonyl (C=O) groups is 1. The number of hydrogen-bond donors (Lipinski definition) is 1. The van der Waals surface area contributed by atoms with E-state index < -0.39 is 5.41 Å². The second kappa shape index (κ2) is 3.84. The highest BCUT2D eigenvalue weighted by Crippen LogP contribution is 2.23. The van der Waals surface area contributed by atoms with Crippen molar-refractivity contribution in [1.82, 2.24) is 4.90 Å². The first-order valence-corrected chi connectivity index (χ1v) is 5.04. The number of amides is 1. The van der Waals surface area contributed by atoms with E-state index in [2.05, 4.69) is 0 Å². The third-order valence-corrected chi connectivity index (χ3v) is 3.03. The summed E-state index contributed by atoms with van der Waals surface area (Å²) in [5, 5.41) is 9.26. The molecule has 0 unspecified atom stereocenters. The summed E-state index contributed by atoms with van der Waals surface area (Å²) < 4.78 is 0. The van der Waals surface area contributed by atoms with E-state index in [4.69, 9.17) is 11.6 Å². The number of rotatable bonds is 2. The van der Waals surface area contributed by atoms with Gasteiger partial charge in [0.05, 0.1) is 11.5 Å². The fourth-order valence-electron chi connectivity index (χ4n) is 1.41. The van der Waals surface area contributed by atoms with Crippen molar-refractivity contribution in [3.63, 3.8) is 0 Å². The lowest BCUT2D eigenvalue weighted by Gasteiger charge is -2.26.